The van der Waals surface area contributed by atoms with Crippen molar-refractivity contribution in [2.45, 2.75) is 52.5 Å². The van der Waals surface area contributed by atoms with Gasteiger partial charge < -0.3 is 10.3 Å². The van der Waals surface area contributed by atoms with Crippen molar-refractivity contribution in [3.8, 4) is 0 Å². The number of allylic oxidation sites excluding steroid dienone is 3. The highest BCUT2D eigenvalue weighted by Crippen LogP contribution is 2.17. The molecule has 0 atom stereocenters. The van der Waals surface area contributed by atoms with Crippen LogP contribution in [0.1, 0.15) is 45.4 Å². The summed E-state index contributed by atoms with van der Waals surface area (Å²) in [7, 11) is 0. The first-order valence-corrected chi connectivity index (χ1v) is 9.36. The Bertz CT molecular complexity index is 883. The van der Waals surface area contributed by atoms with Crippen molar-refractivity contribution in [2.24, 2.45) is 15.7 Å². The molecule has 5 nitrogen and oxygen atoms in total. The maximum Gasteiger partial charge on any atom is 0.145 e. The molecule has 1 aliphatic rings. The van der Waals surface area contributed by atoms with E-state index in [-0.39, 0.29) is 0 Å². The van der Waals surface area contributed by atoms with Crippen LogP contribution in [0, 0.1) is 0 Å². The van der Waals surface area contributed by atoms with Gasteiger partial charge in [-0.15, -0.1) is 0 Å². The Kier molecular flexibility index (Phi) is 6.00. The lowest BCUT2D eigenvalue weighted by Gasteiger charge is -2.09. The summed E-state index contributed by atoms with van der Waals surface area (Å²) in [6.45, 7) is 5.18. The van der Waals surface area contributed by atoms with Crippen LogP contribution in [-0.2, 0) is 13.0 Å². The Balaban J connectivity index is 1.63. The largest absolute Gasteiger partial charge is 0.382 e. The van der Waals surface area contributed by atoms with Crippen molar-refractivity contribution < 1.29 is 0 Å². The molecule has 2 aromatic rings. The van der Waals surface area contributed by atoms with Crippen LogP contribution in [0.5, 0.6) is 0 Å². The first-order chi connectivity index (χ1) is 12.7. The monoisotopic (exact) mass is 349 g/mol. The number of hydrogen-bond acceptors (Lipinski definition) is 3. The topological polar surface area (TPSA) is 68.6 Å². The van der Waals surface area contributed by atoms with Crippen LogP contribution in [0.15, 0.2) is 58.3 Å². The molecule has 5 heteroatoms. The van der Waals surface area contributed by atoms with E-state index >= 15 is 0 Å². The number of para-hydroxylation sites is 2. The van der Waals surface area contributed by atoms with Crippen LogP contribution >= 0.6 is 0 Å². The minimum atomic E-state index is 0.520. The molecule has 2 N–H and O–H groups in total. The molecule has 0 aliphatic carbocycles. The molecule has 0 fully saturated rings. The summed E-state index contributed by atoms with van der Waals surface area (Å²) in [6, 6.07) is 8.33. The molecule has 26 heavy (non-hydrogen) atoms. The van der Waals surface area contributed by atoms with Crippen LogP contribution < -0.4 is 5.73 Å². The molecule has 0 bridgehead atoms. The fourth-order valence-corrected chi connectivity index (χ4v) is 3.20. The fraction of sp³-hybridized carbons (Fsp3) is 0.381. The van der Waals surface area contributed by atoms with E-state index in [1.54, 1.807) is 6.20 Å². The summed E-state index contributed by atoms with van der Waals surface area (Å²) < 4.78 is 2.33. The fourth-order valence-electron chi connectivity index (χ4n) is 3.20. The minimum absolute atomic E-state index is 0.520. The molecule has 1 aromatic heterocycles. The van der Waals surface area contributed by atoms with Gasteiger partial charge in [0.05, 0.1) is 16.7 Å². The number of aryl methyl sites for hydroxylation is 2. The Morgan fingerprint density at radius 3 is 3.00 bits per heavy atom. The van der Waals surface area contributed by atoms with E-state index < -0.39 is 0 Å². The van der Waals surface area contributed by atoms with Gasteiger partial charge in [0.1, 0.15) is 11.7 Å². The SMILES string of the molecule is CCCn1c(CC/C=C\N=C(N)C2=NC(C)=CCC2)nc2ccccc21. The van der Waals surface area contributed by atoms with E-state index in [9.17, 15) is 0 Å². The van der Waals surface area contributed by atoms with E-state index in [0.717, 1.165) is 61.4 Å². The number of aromatic nitrogens is 2. The first-order valence-electron chi connectivity index (χ1n) is 9.36. The zero-order chi connectivity index (χ0) is 18.4. The number of nitrogens with two attached hydrogens (primary N) is 1. The Morgan fingerprint density at radius 1 is 1.35 bits per heavy atom. The van der Waals surface area contributed by atoms with Crippen LogP contribution in [0.25, 0.3) is 11.0 Å². The van der Waals surface area contributed by atoms with Gasteiger partial charge in [-0.05, 0) is 44.7 Å². The van der Waals surface area contributed by atoms with Gasteiger partial charge in [0, 0.05) is 24.9 Å². The standard InChI is InChI=1S/C21H27N5/c1-3-15-26-19-12-5-4-10-17(19)25-20(26)13-6-7-14-23-21(22)18-11-8-9-16(2)24-18/h4-5,7,9-10,12,14H,3,6,8,11,13,15H2,1-2H3,(H2,22,23)/b14-7-. The molecule has 136 valence electrons. The molecule has 0 radical (unpaired) electrons. The van der Waals surface area contributed by atoms with Crippen LogP contribution in [0.3, 0.4) is 0 Å². The molecule has 2 heterocycles. The second-order valence-corrected chi connectivity index (χ2v) is 6.55. The van der Waals surface area contributed by atoms with Gasteiger partial charge in [-0.25, -0.2) is 9.98 Å². The molecule has 0 amide bonds. The van der Waals surface area contributed by atoms with Crippen molar-refractivity contribution >= 4 is 22.6 Å². The summed E-state index contributed by atoms with van der Waals surface area (Å²) in [5.41, 5.74) is 10.2. The van der Waals surface area contributed by atoms with Gasteiger partial charge in [0.15, 0.2) is 0 Å². The lowest BCUT2D eigenvalue weighted by molar-refractivity contribution is 0.652. The molecular formula is C21H27N5. The molecule has 0 unspecified atom stereocenters. The van der Waals surface area contributed by atoms with Crippen molar-refractivity contribution in [2.75, 3.05) is 0 Å². The highest BCUT2D eigenvalue weighted by atomic mass is 15.1. The summed E-state index contributed by atoms with van der Waals surface area (Å²) >= 11 is 0. The number of hydrogen-bond donors (Lipinski definition) is 1. The molecule has 3 rings (SSSR count). The molecule has 1 aromatic carbocycles. The number of rotatable bonds is 7. The van der Waals surface area contributed by atoms with E-state index in [4.69, 9.17) is 10.7 Å². The zero-order valence-corrected chi connectivity index (χ0v) is 15.7. The van der Waals surface area contributed by atoms with Gasteiger partial charge in [-0.3, -0.25) is 4.99 Å². The van der Waals surface area contributed by atoms with Gasteiger partial charge in [0.25, 0.3) is 0 Å². The molecular weight excluding hydrogens is 322 g/mol. The second kappa shape index (κ2) is 8.61. The Morgan fingerprint density at radius 2 is 2.19 bits per heavy atom. The van der Waals surface area contributed by atoms with E-state index in [2.05, 4.69) is 51.8 Å². The Hall–Kier alpha value is -2.69. The second-order valence-electron chi connectivity index (χ2n) is 6.55. The van der Waals surface area contributed by atoms with E-state index in [1.807, 2.05) is 13.0 Å². The van der Waals surface area contributed by atoms with Crippen molar-refractivity contribution in [3.05, 3.63) is 54.1 Å². The maximum absolute atomic E-state index is 6.04. The number of benzene rings is 1. The molecule has 1 aliphatic heterocycles. The number of imidazole rings is 1. The first kappa shape index (κ1) is 18.1. The number of nitrogens with zero attached hydrogens (tertiary/aromatic N) is 4. The highest BCUT2D eigenvalue weighted by Gasteiger charge is 2.09. The third kappa shape index (κ3) is 4.28. The van der Waals surface area contributed by atoms with Crippen molar-refractivity contribution in [1.82, 2.24) is 9.55 Å². The summed E-state index contributed by atoms with van der Waals surface area (Å²) in [5, 5.41) is 0. The lowest BCUT2D eigenvalue weighted by atomic mass is 10.1. The van der Waals surface area contributed by atoms with Crippen LogP contribution in [0.4, 0.5) is 0 Å². The minimum Gasteiger partial charge on any atom is -0.382 e. The quantitative estimate of drug-likeness (QED) is 0.595. The summed E-state index contributed by atoms with van der Waals surface area (Å²) in [5.74, 6) is 1.65. The zero-order valence-electron chi connectivity index (χ0n) is 15.7. The predicted molar refractivity (Wildman–Crippen MR) is 110 cm³/mol. The number of amidine groups is 1. The van der Waals surface area contributed by atoms with Gasteiger partial charge in [-0.2, -0.15) is 0 Å². The van der Waals surface area contributed by atoms with Crippen LogP contribution in [0.2, 0.25) is 0 Å². The average Bonchev–Trinajstić information content (AvgIpc) is 2.99. The molecule has 0 spiro atoms. The smallest absolute Gasteiger partial charge is 0.145 e. The molecule has 0 saturated heterocycles. The van der Waals surface area contributed by atoms with Gasteiger partial charge in [0.2, 0.25) is 0 Å². The lowest BCUT2D eigenvalue weighted by Crippen LogP contribution is -2.24. The van der Waals surface area contributed by atoms with Crippen LogP contribution in [-0.4, -0.2) is 21.1 Å². The van der Waals surface area contributed by atoms with Gasteiger partial charge in [-0.1, -0.05) is 31.2 Å². The van der Waals surface area contributed by atoms with E-state index in [0.29, 0.717) is 5.84 Å². The average molecular weight is 349 g/mol. The summed E-state index contributed by atoms with van der Waals surface area (Å²) in [6.07, 6.45) is 10.7. The van der Waals surface area contributed by atoms with Crippen molar-refractivity contribution in [1.29, 1.82) is 0 Å². The highest BCUT2D eigenvalue weighted by molar-refractivity contribution is 6.41. The Labute approximate surface area is 155 Å². The maximum atomic E-state index is 6.04. The third-order valence-corrected chi connectivity index (χ3v) is 4.46. The van der Waals surface area contributed by atoms with Gasteiger partial charge >= 0.3 is 0 Å². The normalized spacial score (nSPS) is 15.5. The molecule has 0 saturated carbocycles. The number of fused-ring (bicyclic) bond motifs is 1. The van der Waals surface area contributed by atoms with E-state index in [1.165, 1.54) is 5.52 Å². The van der Waals surface area contributed by atoms with Crippen molar-refractivity contribution in [3.63, 3.8) is 0 Å². The summed E-state index contributed by atoms with van der Waals surface area (Å²) in [4.78, 5) is 13.6. The predicted octanol–water partition coefficient (Wildman–Crippen LogP) is 4.39. The number of aliphatic imine (C=N–C) groups is 2. The third-order valence-electron chi connectivity index (χ3n) is 4.46.